The topological polar surface area (TPSA) is 58.9 Å². The number of hydrogen-bond donors (Lipinski definition) is 2. The summed E-state index contributed by atoms with van der Waals surface area (Å²) in [6, 6.07) is 7.08. The Labute approximate surface area is 175 Å². The number of hydrogen-bond acceptors (Lipinski definition) is 4. The molecule has 0 bridgehead atoms. The molecular weight excluding hydrogens is 430 g/mol. The lowest BCUT2D eigenvalue weighted by atomic mass is 9.73. The number of alkyl halides is 6. The van der Waals surface area contributed by atoms with Crippen LogP contribution in [0.5, 0.6) is 11.5 Å². The van der Waals surface area contributed by atoms with Gasteiger partial charge in [0, 0.05) is 26.1 Å². The number of aliphatic hydroxyl groups is 2. The second-order valence-electron chi connectivity index (χ2n) is 6.65. The highest BCUT2D eigenvalue weighted by molar-refractivity contribution is 5.47. The first-order valence-electron chi connectivity index (χ1n) is 9.39. The zero-order valence-corrected chi connectivity index (χ0v) is 16.3. The van der Waals surface area contributed by atoms with Crippen LogP contribution in [0.25, 0.3) is 0 Å². The molecule has 0 spiro atoms. The van der Waals surface area contributed by atoms with Crippen LogP contribution in [0.1, 0.15) is 24.0 Å². The fourth-order valence-electron chi connectivity index (χ4n) is 3.09. The lowest BCUT2D eigenvalue weighted by molar-refractivity contribution is -0.288. The summed E-state index contributed by atoms with van der Waals surface area (Å²) in [7, 11) is 0. The second kappa shape index (κ2) is 10.2. The van der Waals surface area contributed by atoms with Crippen molar-refractivity contribution in [1.29, 1.82) is 0 Å². The van der Waals surface area contributed by atoms with Gasteiger partial charge in [0.1, 0.15) is 11.5 Å². The Bertz CT molecular complexity index is 731. The molecule has 0 radical (unpaired) electrons. The average Bonchev–Trinajstić information content (AvgIpc) is 2.69. The highest BCUT2D eigenvalue weighted by Crippen LogP contribution is 2.56. The molecule has 2 aromatic rings. The van der Waals surface area contributed by atoms with Crippen LogP contribution in [0.4, 0.5) is 26.3 Å². The minimum Gasteiger partial charge on any atom is -0.494 e. The summed E-state index contributed by atoms with van der Waals surface area (Å²) in [5.74, 6) is 0.172. The van der Waals surface area contributed by atoms with E-state index in [1.54, 1.807) is 0 Å². The van der Waals surface area contributed by atoms with E-state index in [-0.39, 0.29) is 50.8 Å². The van der Waals surface area contributed by atoms with E-state index in [1.807, 2.05) is 0 Å². The minimum absolute atomic E-state index is 0.0667. The second-order valence-corrected chi connectivity index (χ2v) is 6.65. The van der Waals surface area contributed by atoms with E-state index < -0.39 is 28.9 Å². The summed E-state index contributed by atoms with van der Waals surface area (Å²) in [6.45, 7) is -0.194. The van der Waals surface area contributed by atoms with Gasteiger partial charge in [-0.15, -0.1) is 0 Å². The van der Waals surface area contributed by atoms with Crippen molar-refractivity contribution in [3.05, 3.63) is 59.7 Å². The molecule has 2 rings (SSSR count). The maximum Gasteiger partial charge on any atom is 0.411 e. The van der Waals surface area contributed by atoms with Crippen molar-refractivity contribution in [3.63, 3.8) is 0 Å². The Hall–Kier alpha value is -2.46. The highest BCUT2D eigenvalue weighted by atomic mass is 19.4. The molecule has 10 heteroatoms. The smallest absolute Gasteiger partial charge is 0.411 e. The number of halogens is 6. The number of benzene rings is 2. The quantitative estimate of drug-likeness (QED) is 0.408. The summed E-state index contributed by atoms with van der Waals surface area (Å²) < 4.78 is 95.0. The van der Waals surface area contributed by atoms with Gasteiger partial charge in [-0.1, -0.05) is 24.3 Å². The van der Waals surface area contributed by atoms with E-state index in [0.717, 1.165) is 48.5 Å². The lowest BCUT2D eigenvalue weighted by Gasteiger charge is -2.38. The van der Waals surface area contributed by atoms with Crippen LogP contribution in [-0.4, -0.2) is 49.0 Å². The van der Waals surface area contributed by atoms with Gasteiger partial charge in [0.25, 0.3) is 0 Å². The first-order valence-corrected chi connectivity index (χ1v) is 9.39. The monoisotopic (exact) mass is 452 g/mol. The van der Waals surface area contributed by atoms with Crippen molar-refractivity contribution >= 4 is 0 Å². The van der Waals surface area contributed by atoms with E-state index in [9.17, 15) is 26.3 Å². The van der Waals surface area contributed by atoms with Gasteiger partial charge in [0.2, 0.25) is 5.41 Å². The van der Waals surface area contributed by atoms with E-state index >= 15 is 0 Å². The van der Waals surface area contributed by atoms with Crippen molar-refractivity contribution in [1.82, 2.24) is 0 Å². The minimum atomic E-state index is -5.69. The maximum atomic E-state index is 14.1. The van der Waals surface area contributed by atoms with Gasteiger partial charge in [0.05, 0.1) is 13.2 Å². The van der Waals surface area contributed by atoms with Crippen LogP contribution < -0.4 is 9.47 Å². The standard InChI is InChI=1S/C21H22F6O4/c22-20(23,24)19(21(25,26)27,15-3-7-17(8-4-15)30-13-1-11-28)16-5-9-18(10-6-16)31-14-2-12-29/h3-10,28-29H,1-2,11-14H2. The number of aliphatic hydroxyl groups excluding tert-OH is 2. The van der Waals surface area contributed by atoms with Crippen LogP contribution >= 0.6 is 0 Å². The summed E-state index contributed by atoms with van der Waals surface area (Å²) >= 11 is 0. The predicted molar refractivity (Wildman–Crippen MR) is 100 cm³/mol. The zero-order valence-electron chi connectivity index (χ0n) is 16.3. The molecule has 0 heterocycles. The third kappa shape index (κ3) is 5.43. The molecule has 0 aromatic heterocycles. The van der Waals surface area contributed by atoms with Gasteiger partial charge in [-0.05, 0) is 35.4 Å². The molecule has 0 atom stereocenters. The summed E-state index contributed by atoms with van der Waals surface area (Å²) in [6.07, 6.45) is -10.8. The summed E-state index contributed by atoms with van der Waals surface area (Å²) in [4.78, 5) is 0. The van der Waals surface area contributed by atoms with Crippen molar-refractivity contribution in [3.8, 4) is 11.5 Å². The van der Waals surface area contributed by atoms with Crippen molar-refractivity contribution in [2.75, 3.05) is 26.4 Å². The summed E-state index contributed by atoms with van der Waals surface area (Å²) in [5, 5.41) is 17.5. The molecule has 172 valence electrons. The zero-order chi connectivity index (χ0) is 23.1. The number of ether oxygens (including phenoxy) is 2. The molecule has 0 amide bonds. The molecule has 0 unspecified atom stereocenters. The molecule has 0 aliphatic rings. The predicted octanol–water partition coefficient (Wildman–Crippen LogP) is 4.62. The van der Waals surface area contributed by atoms with Crippen LogP contribution in [0.15, 0.2) is 48.5 Å². The van der Waals surface area contributed by atoms with Gasteiger partial charge in [-0.2, -0.15) is 26.3 Å². The fraction of sp³-hybridized carbons (Fsp3) is 0.429. The Kier molecular flexibility index (Phi) is 8.19. The Morgan fingerprint density at radius 2 is 0.903 bits per heavy atom. The van der Waals surface area contributed by atoms with Crippen molar-refractivity contribution < 1.29 is 46.0 Å². The van der Waals surface area contributed by atoms with Crippen molar-refractivity contribution in [2.45, 2.75) is 30.6 Å². The van der Waals surface area contributed by atoms with Crippen LogP contribution in [0, 0.1) is 0 Å². The molecule has 2 N–H and O–H groups in total. The van der Waals surface area contributed by atoms with Gasteiger partial charge in [0.15, 0.2) is 0 Å². The Morgan fingerprint density at radius 3 is 1.16 bits per heavy atom. The fourth-order valence-corrected chi connectivity index (χ4v) is 3.09. The van der Waals surface area contributed by atoms with Crippen molar-refractivity contribution in [2.24, 2.45) is 0 Å². The Morgan fingerprint density at radius 1 is 0.581 bits per heavy atom. The molecule has 31 heavy (non-hydrogen) atoms. The Balaban J connectivity index is 2.50. The molecule has 0 saturated carbocycles. The van der Waals surface area contributed by atoms with E-state index in [1.165, 1.54) is 0 Å². The van der Waals surface area contributed by atoms with Gasteiger partial charge in [-0.3, -0.25) is 0 Å². The molecule has 4 nitrogen and oxygen atoms in total. The molecule has 0 aliphatic carbocycles. The molecule has 2 aromatic carbocycles. The van der Waals surface area contributed by atoms with E-state index in [2.05, 4.69) is 0 Å². The first-order chi connectivity index (χ1) is 14.6. The highest BCUT2D eigenvalue weighted by Gasteiger charge is 2.72. The normalized spacial score (nSPS) is 12.6. The third-order valence-corrected chi connectivity index (χ3v) is 4.57. The lowest BCUT2D eigenvalue weighted by Crippen LogP contribution is -2.54. The first kappa shape index (κ1) is 24.8. The van der Waals surface area contributed by atoms with Gasteiger partial charge in [-0.25, -0.2) is 0 Å². The largest absolute Gasteiger partial charge is 0.494 e. The SMILES string of the molecule is OCCCOc1ccc(C(c2ccc(OCCCO)cc2)(C(F)(F)F)C(F)(F)F)cc1. The maximum absolute atomic E-state index is 14.1. The molecule has 0 aliphatic heterocycles. The average molecular weight is 452 g/mol. The van der Waals surface area contributed by atoms with Gasteiger partial charge < -0.3 is 19.7 Å². The molecular formula is C21H22F6O4. The molecule has 0 saturated heterocycles. The van der Waals surface area contributed by atoms with Gasteiger partial charge >= 0.3 is 12.4 Å². The van der Waals surface area contributed by atoms with Crippen LogP contribution in [0.2, 0.25) is 0 Å². The third-order valence-electron chi connectivity index (χ3n) is 4.57. The summed E-state index contributed by atoms with van der Waals surface area (Å²) in [5.41, 5.74) is -6.26. The molecule has 0 fully saturated rings. The van der Waals surface area contributed by atoms with E-state index in [0.29, 0.717) is 0 Å². The van der Waals surface area contributed by atoms with Crippen LogP contribution in [-0.2, 0) is 5.41 Å². The van der Waals surface area contributed by atoms with Crippen LogP contribution in [0.3, 0.4) is 0 Å². The van der Waals surface area contributed by atoms with E-state index in [4.69, 9.17) is 19.7 Å². The number of rotatable bonds is 10.